The van der Waals surface area contributed by atoms with Crippen LogP contribution in [-0.4, -0.2) is 24.0 Å². The molecule has 140 valence electrons. The molecule has 0 bridgehead atoms. The summed E-state index contributed by atoms with van der Waals surface area (Å²) in [7, 11) is 0. The molecule has 1 fully saturated rings. The number of amides is 1. The van der Waals surface area contributed by atoms with E-state index in [4.69, 9.17) is 0 Å². The summed E-state index contributed by atoms with van der Waals surface area (Å²) in [5.41, 5.74) is 3.94. The summed E-state index contributed by atoms with van der Waals surface area (Å²) in [6.07, 6.45) is 1.59. The summed E-state index contributed by atoms with van der Waals surface area (Å²) in [5.74, 6) is -0.137. The van der Waals surface area contributed by atoms with Crippen molar-refractivity contribution < 1.29 is 9.18 Å². The number of nitrogens with one attached hydrogen (secondary N) is 1. The number of carbonyl (C=O) groups is 1. The molecule has 0 radical (unpaired) electrons. The smallest absolute Gasteiger partial charge is 0.227 e. The van der Waals surface area contributed by atoms with Crippen LogP contribution in [0.4, 0.5) is 15.2 Å². The number of nitrogens with zero attached hydrogens (tertiary/aromatic N) is 2. The molecule has 4 nitrogen and oxygen atoms in total. The molecular weight excluding hydrogens is 361 g/mol. The standard InChI is InChI=1S/C21H22FN3OS/c1-13-3-4-14(2)18(11-13)23-20(26)15-7-9-25(10-8-15)21-24-17-6-5-16(22)12-19(17)27-21/h3-6,11-12,15H,7-10H2,1-2H3,(H,23,26). The minimum atomic E-state index is -0.237. The average Bonchev–Trinajstić information content (AvgIpc) is 3.08. The molecule has 0 spiro atoms. The number of piperidine rings is 1. The Kier molecular flexibility index (Phi) is 4.83. The molecule has 1 amide bonds. The van der Waals surface area contributed by atoms with E-state index in [1.54, 1.807) is 6.07 Å². The Morgan fingerprint density at radius 1 is 1.19 bits per heavy atom. The molecule has 2 aromatic carbocycles. The van der Waals surface area contributed by atoms with Gasteiger partial charge in [-0.1, -0.05) is 23.5 Å². The Morgan fingerprint density at radius 2 is 1.96 bits per heavy atom. The van der Waals surface area contributed by atoms with Crippen molar-refractivity contribution in [3.63, 3.8) is 0 Å². The van der Waals surface area contributed by atoms with E-state index in [2.05, 4.69) is 15.2 Å². The normalized spacial score (nSPS) is 15.3. The van der Waals surface area contributed by atoms with Crippen molar-refractivity contribution in [1.29, 1.82) is 0 Å². The first-order chi connectivity index (χ1) is 13.0. The van der Waals surface area contributed by atoms with Crippen LogP contribution in [0.25, 0.3) is 10.2 Å². The third-order valence-corrected chi connectivity index (χ3v) is 6.21. The third kappa shape index (κ3) is 3.81. The number of aryl methyl sites for hydroxylation is 2. The van der Waals surface area contributed by atoms with Crippen molar-refractivity contribution in [2.75, 3.05) is 23.3 Å². The number of benzene rings is 2. The number of thiazole rings is 1. The molecule has 27 heavy (non-hydrogen) atoms. The molecule has 1 aliphatic heterocycles. The van der Waals surface area contributed by atoms with Gasteiger partial charge in [-0.15, -0.1) is 0 Å². The highest BCUT2D eigenvalue weighted by Gasteiger charge is 2.26. The van der Waals surface area contributed by atoms with Crippen LogP contribution < -0.4 is 10.2 Å². The maximum atomic E-state index is 13.4. The molecule has 2 heterocycles. The third-order valence-electron chi connectivity index (χ3n) is 5.13. The molecule has 0 aliphatic carbocycles. The van der Waals surface area contributed by atoms with E-state index in [1.807, 2.05) is 32.0 Å². The van der Waals surface area contributed by atoms with Gasteiger partial charge in [-0.05, 0) is 62.1 Å². The summed E-state index contributed by atoms with van der Waals surface area (Å²) in [6.45, 7) is 5.60. The van der Waals surface area contributed by atoms with Crippen molar-refractivity contribution in [1.82, 2.24) is 4.98 Å². The van der Waals surface area contributed by atoms with E-state index in [9.17, 15) is 9.18 Å². The predicted molar refractivity (Wildman–Crippen MR) is 109 cm³/mol. The van der Waals surface area contributed by atoms with Gasteiger partial charge in [0.25, 0.3) is 0 Å². The van der Waals surface area contributed by atoms with Crippen molar-refractivity contribution in [2.24, 2.45) is 5.92 Å². The second-order valence-electron chi connectivity index (χ2n) is 7.18. The van der Waals surface area contributed by atoms with E-state index in [-0.39, 0.29) is 17.6 Å². The van der Waals surface area contributed by atoms with E-state index in [0.717, 1.165) is 58.1 Å². The quantitative estimate of drug-likeness (QED) is 0.699. The van der Waals surface area contributed by atoms with Crippen LogP contribution in [0, 0.1) is 25.6 Å². The molecule has 0 atom stereocenters. The van der Waals surface area contributed by atoms with Crippen LogP contribution in [0.3, 0.4) is 0 Å². The SMILES string of the molecule is Cc1ccc(C)c(NC(=O)C2CCN(c3nc4ccc(F)cc4s3)CC2)c1. The first kappa shape index (κ1) is 17.9. The average molecular weight is 383 g/mol. The van der Waals surface area contributed by atoms with Crippen molar-refractivity contribution in [3.8, 4) is 0 Å². The lowest BCUT2D eigenvalue weighted by molar-refractivity contribution is -0.120. The number of fused-ring (bicyclic) bond motifs is 1. The van der Waals surface area contributed by atoms with Crippen LogP contribution in [0.15, 0.2) is 36.4 Å². The topological polar surface area (TPSA) is 45.2 Å². The highest BCUT2D eigenvalue weighted by Crippen LogP contribution is 2.32. The maximum Gasteiger partial charge on any atom is 0.227 e. The maximum absolute atomic E-state index is 13.4. The van der Waals surface area contributed by atoms with Crippen molar-refractivity contribution >= 4 is 38.3 Å². The van der Waals surface area contributed by atoms with Crippen LogP contribution in [-0.2, 0) is 4.79 Å². The van der Waals surface area contributed by atoms with Crippen LogP contribution >= 0.6 is 11.3 Å². The van der Waals surface area contributed by atoms with Gasteiger partial charge in [0.1, 0.15) is 5.82 Å². The summed E-state index contributed by atoms with van der Waals surface area (Å²) < 4.78 is 14.2. The molecule has 1 N–H and O–H groups in total. The van der Waals surface area contributed by atoms with E-state index < -0.39 is 0 Å². The summed E-state index contributed by atoms with van der Waals surface area (Å²) in [4.78, 5) is 19.5. The van der Waals surface area contributed by atoms with E-state index in [1.165, 1.54) is 23.5 Å². The van der Waals surface area contributed by atoms with Crippen LogP contribution in [0.2, 0.25) is 0 Å². The van der Waals surface area contributed by atoms with Gasteiger partial charge in [-0.25, -0.2) is 9.37 Å². The second-order valence-corrected chi connectivity index (χ2v) is 8.19. The minimum Gasteiger partial charge on any atom is -0.348 e. The molecule has 1 saturated heterocycles. The summed E-state index contributed by atoms with van der Waals surface area (Å²) >= 11 is 1.51. The van der Waals surface area contributed by atoms with E-state index >= 15 is 0 Å². The van der Waals surface area contributed by atoms with Gasteiger partial charge >= 0.3 is 0 Å². The Balaban J connectivity index is 1.40. The number of hydrogen-bond acceptors (Lipinski definition) is 4. The first-order valence-electron chi connectivity index (χ1n) is 9.19. The molecule has 4 rings (SSSR count). The lowest BCUT2D eigenvalue weighted by Crippen LogP contribution is -2.38. The van der Waals surface area contributed by atoms with Gasteiger partial charge in [0.05, 0.1) is 10.2 Å². The van der Waals surface area contributed by atoms with Crippen LogP contribution in [0.5, 0.6) is 0 Å². The fraction of sp³-hybridized carbons (Fsp3) is 0.333. The zero-order valence-corrected chi connectivity index (χ0v) is 16.3. The molecule has 0 unspecified atom stereocenters. The Hall–Kier alpha value is -2.47. The monoisotopic (exact) mass is 383 g/mol. The lowest BCUT2D eigenvalue weighted by Gasteiger charge is -2.31. The molecule has 3 aromatic rings. The van der Waals surface area contributed by atoms with Crippen LogP contribution in [0.1, 0.15) is 24.0 Å². The molecule has 1 aromatic heterocycles. The number of rotatable bonds is 3. The fourth-order valence-electron chi connectivity index (χ4n) is 3.46. The van der Waals surface area contributed by atoms with Crippen molar-refractivity contribution in [2.45, 2.75) is 26.7 Å². The largest absolute Gasteiger partial charge is 0.348 e. The zero-order chi connectivity index (χ0) is 19.0. The first-order valence-corrected chi connectivity index (χ1v) is 10.0. The number of hydrogen-bond donors (Lipinski definition) is 1. The number of anilines is 2. The number of halogens is 1. The van der Waals surface area contributed by atoms with Crippen molar-refractivity contribution in [3.05, 3.63) is 53.3 Å². The summed E-state index contributed by atoms with van der Waals surface area (Å²) in [5, 5.41) is 4.00. The van der Waals surface area contributed by atoms with Gasteiger partial charge in [0.15, 0.2) is 5.13 Å². The molecule has 6 heteroatoms. The Bertz CT molecular complexity index is 992. The molecule has 1 aliphatic rings. The van der Waals surface area contributed by atoms with Gasteiger partial charge in [-0.2, -0.15) is 0 Å². The molecular formula is C21H22FN3OS. The second kappa shape index (κ2) is 7.27. The highest BCUT2D eigenvalue weighted by molar-refractivity contribution is 7.22. The minimum absolute atomic E-state index is 0.00739. The fourth-order valence-corrected chi connectivity index (χ4v) is 4.50. The summed E-state index contributed by atoms with van der Waals surface area (Å²) in [6, 6.07) is 10.8. The van der Waals surface area contributed by atoms with Gasteiger partial charge in [0, 0.05) is 24.7 Å². The lowest BCUT2D eigenvalue weighted by atomic mass is 9.96. The zero-order valence-electron chi connectivity index (χ0n) is 15.5. The van der Waals surface area contributed by atoms with Gasteiger partial charge in [-0.3, -0.25) is 4.79 Å². The van der Waals surface area contributed by atoms with E-state index in [0.29, 0.717) is 0 Å². The highest BCUT2D eigenvalue weighted by atomic mass is 32.1. The molecule has 0 saturated carbocycles. The Morgan fingerprint density at radius 3 is 2.74 bits per heavy atom. The predicted octanol–water partition coefficient (Wildman–Crippen LogP) is 4.91. The Labute approximate surface area is 162 Å². The number of carbonyl (C=O) groups excluding carboxylic acids is 1. The number of aromatic nitrogens is 1. The van der Waals surface area contributed by atoms with Gasteiger partial charge < -0.3 is 10.2 Å². The van der Waals surface area contributed by atoms with Gasteiger partial charge in [0.2, 0.25) is 5.91 Å².